The van der Waals surface area contributed by atoms with Gasteiger partial charge in [-0.15, -0.1) is 0 Å². The second-order valence-electron chi connectivity index (χ2n) is 2.82. The standard InChI is InChI=1S/C9H12OS3.Na/c1-2-9(13(10,11)12)8-6-4-3-5-7-8;/h3-7,9H,2H2,1H3,(H,10,11,12);. The first-order valence-corrected chi connectivity index (χ1v) is 7.57. The maximum Gasteiger partial charge on any atom is 0.0607 e. The van der Waals surface area contributed by atoms with Crippen molar-refractivity contribution in [1.82, 2.24) is 0 Å². The van der Waals surface area contributed by atoms with E-state index in [0.29, 0.717) is 0 Å². The molecule has 73 valence electrons. The van der Waals surface area contributed by atoms with Gasteiger partial charge in [-0.3, -0.25) is 0 Å². The molecule has 5 heteroatoms. The van der Waals surface area contributed by atoms with Crippen molar-refractivity contribution in [3.8, 4) is 0 Å². The predicted molar refractivity (Wildman–Crippen MR) is 70.0 cm³/mol. The summed E-state index contributed by atoms with van der Waals surface area (Å²) >= 11 is 9.88. The van der Waals surface area contributed by atoms with Crippen LogP contribution in [0.3, 0.4) is 0 Å². The summed E-state index contributed by atoms with van der Waals surface area (Å²) in [6.45, 7) is 1.99. The van der Waals surface area contributed by atoms with Gasteiger partial charge < -0.3 is 4.55 Å². The summed E-state index contributed by atoms with van der Waals surface area (Å²) in [5.74, 6) is 0. The quantitative estimate of drug-likeness (QED) is 0.837. The van der Waals surface area contributed by atoms with E-state index in [-0.39, 0.29) is 34.8 Å². The maximum absolute atomic E-state index is 9.64. The van der Waals surface area contributed by atoms with E-state index >= 15 is 0 Å². The molecule has 0 bridgehead atoms. The Balaban J connectivity index is 0.00000169. The topological polar surface area (TPSA) is 20.2 Å². The van der Waals surface area contributed by atoms with Crippen LogP contribution < -0.4 is 0 Å². The van der Waals surface area contributed by atoms with Gasteiger partial charge in [-0.2, -0.15) is 0 Å². The third-order valence-electron chi connectivity index (χ3n) is 1.90. The van der Waals surface area contributed by atoms with E-state index in [1.165, 1.54) is 0 Å². The zero-order valence-corrected chi connectivity index (χ0v) is 12.8. The molecule has 0 fully saturated rings. The summed E-state index contributed by atoms with van der Waals surface area (Å²) in [4.78, 5) is 0. The molecule has 1 aromatic carbocycles. The average molecular weight is 255 g/mol. The first-order chi connectivity index (χ1) is 6.05. The van der Waals surface area contributed by atoms with E-state index in [2.05, 4.69) is 0 Å². The molecule has 0 aliphatic heterocycles. The first kappa shape index (κ1) is 15.0. The molecule has 1 unspecified atom stereocenters. The third-order valence-corrected chi connectivity index (χ3v) is 4.62. The number of benzene rings is 1. The van der Waals surface area contributed by atoms with Crippen molar-refractivity contribution in [3.05, 3.63) is 35.9 Å². The Bertz CT molecular complexity index is 361. The summed E-state index contributed by atoms with van der Waals surface area (Å²) in [5, 5.41) is -0.0568. The molecule has 14 heavy (non-hydrogen) atoms. The van der Waals surface area contributed by atoms with Crippen LogP contribution in [0.5, 0.6) is 0 Å². The van der Waals surface area contributed by atoms with E-state index in [1.54, 1.807) is 0 Å². The Kier molecular flexibility index (Phi) is 6.98. The van der Waals surface area contributed by atoms with E-state index in [9.17, 15) is 4.55 Å². The van der Waals surface area contributed by atoms with Crippen molar-refractivity contribution in [3.63, 3.8) is 0 Å². The summed E-state index contributed by atoms with van der Waals surface area (Å²) in [5.41, 5.74) is 1.05. The Morgan fingerprint density at radius 3 is 2.14 bits per heavy atom. The van der Waals surface area contributed by atoms with Crippen LogP contribution in [0.4, 0.5) is 0 Å². The molecule has 1 N–H and O–H groups in total. The van der Waals surface area contributed by atoms with Gasteiger partial charge in [0.25, 0.3) is 0 Å². The monoisotopic (exact) mass is 255 g/mol. The molecule has 0 aliphatic rings. The maximum atomic E-state index is 9.64. The predicted octanol–water partition coefficient (Wildman–Crippen LogP) is 2.31. The molecule has 0 aromatic heterocycles. The Morgan fingerprint density at radius 2 is 1.79 bits per heavy atom. The Morgan fingerprint density at radius 1 is 1.29 bits per heavy atom. The van der Waals surface area contributed by atoms with Gasteiger partial charge in [0.15, 0.2) is 0 Å². The van der Waals surface area contributed by atoms with Crippen molar-refractivity contribution in [2.45, 2.75) is 18.6 Å². The van der Waals surface area contributed by atoms with Crippen molar-refractivity contribution in [2.24, 2.45) is 0 Å². The first-order valence-electron chi connectivity index (χ1n) is 4.07. The van der Waals surface area contributed by atoms with E-state index in [0.717, 1.165) is 12.0 Å². The Labute approximate surface area is 117 Å². The van der Waals surface area contributed by atoms with E-state index < -0.39 is 7.43 Å². The molecule has 1 radical (unpaired) electrons. The molecule has 0 amide bonds. The zero-order chi connectivity index (χ0) is 9.90. The van der Waals surface area contributed by atoms with E-state index in [1.807, 2.05) is 37.3 Å². The second-order valence-corrected chi connectivity index (χ2v) is 8.10. The number of hydrogen-bond acceptors (Lipinski definition) is 2. The number of rotatable bonds is 3. The third kappa shape index (κ3) is 4.23. The van der Waals surface area contributed by atoms with Gasteiger partial charge in [-0.1, -0.05) is 37.3 Å². The van der Waals surface area contributed by atoms with Gasteiger partial charge in [0.1, 0.15) is 0 Å². The average Bonchev–Trinajstić information content (AvgIpc) is 2.05. The van der Waals surface area contributed by atoms with Crippen molar-refractivity contribution in [2.75, 3.05) is 0 Å². The molecular weight excluding hydrogens is 243 g/mol. The minimum Gasteiger partial charge on any atom is -0.325 e. The van der Waals surface area contributed by atoms with Crippen LogP contribution in [0.25, 0.3) is 0 Å². The fourth-order valence-electron chi connectivity index (χ4n) is 1.29. The normalized spacial score (nSPS) is 13.0. The van der Waals surface area contributed by atoms with E-state index in [4.69, 9.17) is 22.4 Å². The fraction of sp³-hybridized carbons (Fsp3) is 0.333. The van der Waals surface area contributed by atoms with Crippen molar-refractivity contribution in [1.29, 1.82) is 0 Å². The van der Waals surface area contributed by atoms with Gasteiger partial charge >= 0.3 is 0 Å². The van der Waals surface area contributed by atoms with Crippen LogP contribution in [0.1, 0.15) is 24.2 Å². The molecule has 0 saturated heterocycles. The second kappa shape index (κ2) is 6.53. The molecule has 1 atom stereocenters. The van der Waals surface area contributed by atoms with Gasteiger partial charge in [-0.25, -0.2) is 0 Å². The molecular formula is C9H12NaOS3. The van der Waals surface area contributed by atoms with Crippen LogP contribution in [-0.2, 0) is 29.8 Å². The van der Waals surface area contributed by atoms with Gasteiger partial charge in [0.2, 0.25) is 0 Å². The van der Waals surface area contributed by atoms with Crippen LogP contribution in [0.2, 0.25) is 0 Å². The molecule has 1 aromatic rings. The van der Waals surface area contributed by atoms with Gasteiger partial charge in [-0.05, 0) is 34.4 Å². The molecule has 0 saturated carbocycles. The molecule has 1 nitrogen and oxygen atoms in total. The zero-order valence-electron chi connectivity index (χ0n) is 8.34. The molecule has 1 rings (SSSR count). The van der Waals surface area contributed by atoms with Crippen molar-refractivity contribution < 1.29 is 4.55 Å². The summed E-state index contributed by atoms with van der Waals surface area (Å²) in [6, 6.07) is 9.74. The van der Waals surface area contributed by atoms with Crippen LogP contribution in [0, 0.1) is 0 Å². The van der Waals surface area contributed by atoms with Crippen LogP contribution in [-0.4, -0.2) is 34.1 Å². The summed E-state index contributed by atoms with van der Waals surface area (Å²) in [7, 11) is -2.30. The van der Waals surface area contributed by atoms with Crippen molar-refractivity contribution >= 4 is 59.4 Å². The molecule has 0 heterocycles. The molecule has 0 spiro atoms. The summed E-state index contributed by atoms with van der Waals surface area (Å²) < 4.78 is 9.64. The van der Waals surface area contributed by atoms with Gasteiger partial charge in [0.05, 0.1) is 5.25 Å². The van der Waals surface area contributed by atoms with Gasteiger partial charge in [0, 0.05) is 37.0 Å². The minimum atomic E-state index is -2.30. The number of hydrogen-bond donors (Lipinski definition) is 1. The fourth-order valence-corrected chi connectivity index (χ4v) is 3.69. The summed E-state index contributed by atoms with van der Waals surface area (Å²) in [6.07, 6.45) is 0.794. The largest absolute Gasteiger partial charge is 0.325 e. The Hall–Kier alpha value is 0.970. The SMILES string of the molecule is CCC(c1ccccc1)S(O)(=S)=S.[Na]. The smallest absolute Gasteiger partial charge is 0.0607 e. The van der Waals surface area contributed by atoms with Crippen LogP contribution in [0.15, 0.2) is 30.3 Å². The van der Waals surface area contributed by atoms with Crippen LogP contribution >= 0.6 is 0 Å². The minimum absolute atomic E-state index is 0. The molecule has 0 aliphatic carbocycles.